The third kappa shape index (κ3) is 1.05. The van der Waals surface area contributed by atoms with Crippen LogP contribution in [0.2, 0.25) is 0 Å². The van der Waals surface area contributed by atoms with E-state index in [1.165, 1.54) is 14.0 Å². The second kappa shape index (κ2) is 2.79. The molecule has 0 unspecified atom stereocenters. The molecule has 2 fully saturated rings. The normalized spacial score (nSPS) is 39.7. The molecule has 0 bridgehead atoms. The average molecular weight is 212 g/mol. The first kappa shape index (κ1) is 10.1. The molecule has 2 saturated heterocycles. The summed E-state index contributed by atoms with van der Waals surface area (Å²) in [5, 5.41) is 11.8. The van der Waals surface area contributed by atoms with Crippen LogP contribution in [0, 0.1) is 11.8 Å². The molecule has 0 aromatic rings. The lowest BCUT2D eigenvalue weighted by Gasteiger charge is -2.24. The van der Waals surface area contributed by atoms with Gasteiger partial charge in [0.1, 0.15) is 5.54 Å². The lowest BCUT2D eigenvalue weighted by atomic mass is 9.83. The predicted molar refractivity (Wildman–Crippen MR) is 48.8 cm³/mol. The SMILES string of the molecule is CN1C(=O)[C@@H]2[C@@H](CN[C@]2(C)C(=O)O)C1=O. The van der Waals surface area contributed by atoms with Crippen molar-refractivity contribution in [2.75, 3.05) is 13.6 Å². The Bertz CT molecular complexity index is 367. The van der Waals surface area contributed by atoms with E-state index in [-0.39, 0.29) is 12.5 Å². The van der Waals surface area contributed by atoms with Gasteiger partial charge in [0.05, 0.1) is 11.8 Å². The molecule has 0 saturated carbocycles. The van der Waals surface area contributed by atoms with E-state index in [4.69, 9.17) is 5.11 Å². The molecule has 6 nitrogen and oxygen atoms in total. The molecule has 2 N–H and O–H groups in total. The van der Waals surface area contributed by atoms with Gasteiger partial charge < -0.3 is 10.4 Å². The van der Waals surface area contributed by atoms with Gasteiger partial charge in [0.25, 0.3) is 0 Å². The number of carbonyl (C=O) groups excluding carboxylic acids is 2. The number of carboxylic acid groups (broad SMARTS) is 1. The fourth-order valence-electron chi connectivity index (χ4n) is 2.38. The Hall–Kier alpha value is -1.43. The number of carboxylic acids is 1. The zero-order chi connectivity index (χ0) is 11.4. The van der Waals surface area contributed by atoms with Crippen molar-refractivity contribution in [1.82, 2.24) is 10.2 Å². The van der Waals surface area contributed by atoms with E-state index < -0.39 is 29.3 Å². The van der Waals surface area contributed by atoms with Crippen LogP contribution in [-0.4, -0.2) is 46.9 Å². The molecule has 2 rings (SSSR count). The molecule has 2 aliphatic heterocycles. The van der Waals surface area contributed by atoms with Gasteiger partial charge in [0.15, 0.2) is 0 Å². The van der Waals surface area contributed by atoms with Gasteiger partial charge in [-0.2, -0.15) is 0 Å². The molecule has 3 atom stereocenters. The van der Waals surface area contributed by atoms with Crippen LogP contribution in [0.25, 0.3) is 0 Å². The van der Waals surface area contributed by atoms with E-state index >= 15 is 0 Å². The highest BCUT2D eigenvalue weighted by Crippen LogP contribution is 2.38. The average Bonchev–Trinajstić information content (AvgIpc) is 2.63. The molecular formula is C9H12N2O4. The van der Waals surface area contributed by atoms with E-state index in [2.05, 4.69) is 5.32 Å². The Morgan fingerprint density at radius 3 is 2.67 bits per heavy atom. The summed E-state index contributed by atoms with van der Waals surface area (Å²) in [6, 6.07) is 0. The van der Waals surface area contributed by atoms with Gasteiger partial charge in [-0.3, -0.25) is 19.3 Å². The van der Waals surface area contributed by atoms with Crippen molar-refractivity contribution in [2.24, 2.45) is 11.8 Å². The fourth-order valence-corrected chi connectivity index (χ4v) is 2.38. The first-order valence-electron chi connectivity index (χ1n) is 4.69. The van der Waals surface area contributed by atoms with Gasteiger partial charge in [-0.1, -0.05) is 0 Å². The highest BCUT2D eigenvalue weighted by Gasteiger charge is 2.61. The number of hydrogen-bond acceptors (Lipinski definition) is 4. The van der Waals surface area contributed by atoms with Crippen LogP contribution in [0.15, 0.2) is 0 Å². The van der Waals surface area contributed by atoms with Crippen molar-refractivity contribution in [3.8, 4) is 0 Å². The maximum atomic E-state index is 11.7. The quantitative estimate of drug-likeness (QED) is 0.525. The number of hydrogen-bond donors (Lipinski definition) is 2. The minimum atomic E-state index is -1.32. The second-order valence-corrected chi connectivity index (χ2v) is 4.21. The number of nitrogens with one attached hydrogen (secondary N) is 1. The minimum absolute atomic E-state index is 0.252. The van der Waals surface area contributed by atoms with Crippen molar-refractivity contribution in [3.63, 3.8) is 0 Å². The molecule has 0 spiro atoms. The van der Waals surface area contributed by atoms with E-state index in [1.54, 1.807) is 0 Å². The summed E-state index contributed by atoms with van der Waals surface area (Å²) in [5.74, 6) is -3.08. The predicted octanol–water partition coefficient (Wildman–Crippen LogP) is -1.34. The summed E-state index contributed by atoms with van der Waals surface area (Å²) in [6.07, 6.45) is 0. The van der Waals surface area contributed by atoms with Gasteiger partial charge in [-0.05, 0) is 6.92 Å². The molecule has 2 aliphatic rings. The molecule has 82 valence electrons. The van der Waals surface area contributed by atoms with Crippen LogP contribution in [0.4, 0.5) is 0 Å². The van der Waals surface area contributed by atoms with Crippen molar-refractivity contribution in [1.29, 1.82) is 0 Å². The summed E-state index contributed by atoms with van der Waals surface area (Å²) >= 11 is 0. The van der Waals surface area contributed by atoms with E-state index in [0.717, 1.165) is 4.90 Å². The Labute approximate surface area is 86.2 Å². The number of aliphatic carboxylic acids is 1. The number of fused-ring (bicyclic) bond motifs is 1. The summed E-state index contributed by atoms with van der Waals surface area (Å²) < 4.78 is 0. The molecule has 2 heterocycles. The molecule has 0 aromatic heterocycles. The first-order valence-corrected chi connectivity index (χ1v) is 4.69. The Morgan fingerprint density at radius 1 is 1.53 bits per heavy atom. The van der Waals surface area contributed by atoms with E-state index in [0.29, 0.717) is 0 Å². The monoisotopic (exact) mass is 212 g/mol. The van der Waals surface area contributed by atoms with Crippen LogP contribution in [0.1, 0.15) is 6.92 Å². The first-order chi connectivity index (χ1) is 6.89. The highest BCUT2D eigenvalue weighted by atomic mass is 16.4. The summed E-state index contributed by atoms with van der Waals surface area (Å²) in [5.41, 5.74) is -1.32. The molecule has 0 radical (unpaired) electrons. The van der Waals surface area contributed by atoms with Crippen LogP contribution < -0.4 is 5.32 Å². The standard InChI is InChI=1S/C9H12N2O4/c1-9(8(14)15)5-4(3-10-9)6(12)11(2)7(5)13/h4-5,10H,3H2,1-2H3,(H,14,15)/t4-,5+,9+/m1/s1. The number of amides is 2. The van der Waals surface area contributed by atoms with E-state index in [9.17, 15) is 14.4 Å². The van der Waals surface area contributed by atoms with Crippen LogP contribution in [0.3, 0.4) is 0 Å². The lowest BCUT2D eigenvalue weighted by Crippen LogP contribution is -2.52. The molecule has 2 amide bonds. The summed E-state index contributed by atoms with van der Waals surface area (Å²) in [7, 11) is 1.39. The van der Waals surface area contributed by atoms with Gasteiger partial charge in [-0.25, -0.2) is 0 Å². The molecule has 0 aromatic carbocycles. The topological polar surface area (TPSA) is 86.7 Å². The van der Waals surface area contributed by atoms with Crippen molar-refractivity contribution in [2.45, 2.75) is 12.5 Å². The fraction of sp³-hybridized carbons (Fsp3) is 0.667. The Kier molecular flexibility index (Phi) is 1.88. The largest absolute Gasteiger partial charge is 0.480 e. The van der Waals surface area contributed by atoms with Gasteiger partial charge >= 0.3 is 5.97 Å². The van der Waals surface area contributed by atoms with Gasteiger partial charge in [0.2, 0.25) is 11.8 Å². The third-order valence-electron chi connectivity index (χ3n) is 3.40. The van der Waals surface area contributed by atoms with Crippen LogP contribution in [0.5, 0.6) is 0 Å². The zero-order valence-corrected chi connectivity index (χ0v) is 8.48. The molecule has 6 heteroatoms. The Morgan fingerprint density at radius 2 is 2.13 bits per heavy atom. The van der Waals surface area contributed by atoms with E-state index in [1.807, 2.05) is 0 Å². The number of likely N-dealkylation sites (tertiary alicyclic amines) is 1. The van der Waals surface area contributed by atoms with Crippen LogP contribution >= 0.6 is 0 Å². The van der Waals surface area contributed by atoms with Gasteiger partial charge in [-0.15, -0.1) is 0 Å². The maximum absolute atomic E-state index is 11.7. The van der Waals surface area contributed by atoms with Crippen molar-refractivity contribution in [3.05, 3.63) is 0 Å². The lowest BCUT2D eigenvalue weighted by molar-refractivity contribution is -0.149. The summed E-state index contributed by atoms with van der Waals surface area (Å²) in [4.78, 5) is 35.4. The molecule has 0 aliphatic carbocycles. The van der Waals surface area contributed by atoms with Crippen molar-refractivity contribution >= 4 is 17.8 Å². The highest BCUT2D eigenvalue weighted by molar-refractivity contribution is 6.08. The Balaban J connectivity index is 2.42. The number of imide groups is 1. The zero-order valence-electron chi connectivity index (χ0n) is 8.48. The van der Waals surface area contributed by atoms with Gasteiger partial charge in [0, 0.05) is 13.6 Å². The number of carbonyl (C=O) groups is 3. The molecular weight excluding hydrogens is 200 g/mol. The van der Waals surface area contributed by atoms with Crippen molar-refractivity contribution < 1.29 is 19.5 Å². The third-order valence-corrected chi connectivity index (χ3v) is 3.40. The summed E-state index contributed by atoms with van der Waals surface area (Å²) in [6.45, 7) is 1.70. The maximum Gasteiger partial charge on any atom is 0.324 e. The smallest absolute Gasteiger partial charge is 0.324 e. The molecule has 15 heavy (non-hydrogen) atoms. The number of rotatable bonds is 1. The van der Waals surface area contributed by atoms with Crippen LogP contribution in [-0.2, 0) is 14.4 Å². The second-order valence-electron chi connectivity index (χ2n) is 4.21. The number of nitrogens with zero attached hydrogens (tertiary/aromatic N) is 1. The minimum Gasteiger partial charge on any atom is -0.480 e.